The smallest absolute Gasteiger partial charge is 0.226 e. The molecule has 1 aromatic heterocycles. The Morgan fingerprint density at radius 1 is 1.19 bits per heavy atom. The van der Waals surface area contributed by atoms with Crippen LogP contribution in [0, 0.1) is 5.82 Å². The van der Waals surface area contributed by atoms with Gasteiger partial charge in [-0.3, -0.25) is 9.89 Å². The van der Waals surface area contributed by atoms with E-state index in [1.807, 2.05) is 18.2 Å². The third-order valence-corrected chi connectivity index (χ3v) is 4.60. The molecule has 2 N–H and O–H groups in total. The van der Waals surface area contributed by atoms with Gasteiger partial charge in [-0.2, -0.15) is 5.10 Å². The molecule has 7 heteroatoms. The van der Waals surface area contributed by atoms with Gasteiger partial charge < -0.3 is 14.8 Å². The van der Waals surface area contributed by atoms with Crippen molar-refractivity contribution in [2.75, 3.05) is 12.4 Å². The molecular formula is C20H18FN3O3. The monoisotopic (exact) mass is 367 g/mol. The number of nitrogens with zero attached hydrogens (tertiary/aromatic N) is 1. The van der Waals surface area contributed by atoms with Crippen molar-refractivity contribution in [1.82, 2.24) is 10.2 Å². The van der Waals surface area contributed by atoms with Crippen LogP contribution in [0.2, 0.25) is 0 Å². The lowest BCUT2D eigenvalue weighted by Gasteiger charge is -2.25. The van der Waals surface area contributed by atoms with Gasteiger partial charge in [-0.15, -0.1) is 0 Å². The molecule has 1 aliphatic heterocycles. The number of aromatic nitrogens is 2. The number of carbonyl (C=O) groups excluding carboxylic acids is 1. The highest BCUT2D eigenvalue weighted by Crippen LogP contribution is 2.43. The number of rotatable bonds is 5. The van der Waals surface area contributed by atoms with E-state index in [0.717, 1.165) is 16.7 Å². The van der Waals surface area contributed by atoms with Gasteiger partial charge >= 0.3 is 0 Å². The molecular weight excluding hydrogens is 349 g/mol. The number of carbonyl (C=O) groups is 1. The molecule has 1 aliphatic rings. The van der Waals surface area contributed by atoms with Crippen LogP contribution < -0.4 is 14.8 Å². The molecule has 3 aromatic rings. The topological polar surface area (TPSA) is 76.2 Å². The predicted molar refractivity (Wildman–Crippen MR) is 97.4 cm³/mol. The second-order valence-electron chi connectivity index (χ2n) is 6.30. The van der Waals surface area contributed by atoms with Crippen LogP contribution in [0.4, 0.5) is 10.2 Å². The molecule has 0 fully saturated rings. The van der Waals surface area contributed by atoms with E-state index in [2.05, 4.69) is 15.5 Å². The normalized spacial score (nSPS) is 15.8. The Bertz CT molecular complexity index is 969. The van der Waals surface area contributed by atoms with Crippen LogP contribution in [0.15, 0.2) is 48.7 Å². The number of methoxy groups -OCH3 is 1. The Balaban J connectivity index is 1.69. The second-order valence-corrected chi connectivity index (χ2v) is 6.30. The Hall–Kier alpha value is -3.35. The van der Waals surface area contributed by atoms with Crippen molar-refractivity contribution in [2.45, 2.75) is 18.9 Å². The van der Waals surface area contributed by atoms with Crippen LogP contribution >= 0.6 is 0 Å². The highest BCUT2D eigenvalue weighted by molar-refractivity contribution is 5.94. The molecule has 0 unspecified atom stereocenters. The van der Waals surface area contributed by atoms with Crippen molar-refractivity contribution in [2.24, 2.45) is 0 Å². The van der Waals surface area contributed by atoms with Gasteiger partial charge in [0.15, 0.2) is 11.5 Å². The molecule has 4 rings (SSSR count). The van der Waals surface area contributed by atoms with Gasteiger partial charge in [0.1, 0.15) is 18.2 Å². The molecule has 1 atom stereocenters. The Morgan fingerprint density at radius 3 is 2.78 bits per heavy atom. The predicted octanol–water partition coefficient (Wildman–Crippen LogP) is 3.61. The average Bonchev–Trinajstić information content (AvgIpc) is 3.15. The summed E-state index contributed by atoms with van der Waals surface area (Å²) < 4.78 is 24.6. The van der Waals surface area contributed by atoms with Gasteiger partial charge in [0, 0.05) is 23.5 Å². The summed E-state index contributed by atoms with van der Waals surface area (Å²) in [5.74, 6) is 1.15. The zero-order valence-electron chi connectivity index (χ0n) is 14.7. The number of para-hydroxylation sites is 1. The first-order chi connectivity index (χ1) is 13.2. The largest absolute Gasteiger partial charge is 0.493 e. The molecule has 0 radical (unpaired) electrons. The van der Waals surface area contributed by atoms with E-state index in [9.17, 15) is 9.18 Å². The summed E-state index contributed by atoms with van der Waals surface area (Å²) in [6, 6.07) is 11.7. The number of hydrogen-bond acceptors (Lipinski definition) is 4. The van der Waals surface area contributed by atoms with Gasteiger partial charge in [0.2, 0.25) is 5.91 Å². The molecule has 1 amide bonds. The standard InChI is InChI=1S/C20H18FN3O3/c1-26-17-4-2-3-14(15-9-18(25)23-20-16(15)10-22-24-20)19(17)27-11-12-5-7-13(21)8-6-12/h2-8,10,15H,9,11H2,1H3,(H2,22,23,24,25)/t15-/m1/s1. The number of H-pyrrole nitrogens is 1. The molecule has 2 heterocycles. The lowest BCUT2D eigenvalue weighted by molar-refractivity contribution is -0.116. The van der Waals surface area contributed by atoms with Crippen molar-refractivity contribution in [3.8, 4) is 11.5 Å². The first-order valence-electron chi connectivity index (χ1n) is 8.53. The van der Waals surface area contributed by atoms with Gasteiger partial charge in [0.25, 0.3) is 0 Å². The van der Waals surface area contributed by atoms with Crippen molar-refractivity contribution in [1.29, 1.82) is 0 Å². The van der Waals surface area contributed by atoms with Crippen LogP contribution in [0.5, 0.6) is 11.5 Å². The summed E-state index contributed by atoms with van der Waals surface area (Å²) in [5, 5.41) is 9.64. The van der Waals surface area contributed by atoms with Gasteiger partial charge in [-0.1, -0.05) is 24.3 Å². The van der Waals surface area contributed by atoms with Crippen LogP contribution in [-0.2, 0) is 11.4 Å². The van der Waals surface area contributed by atoms with Crippen molar-refractivity contribution in [3.05, 3.63) is 71.2 Å². The van der Waals surface area contributed by atoms with Crippen LogP contribution in [0.25, 0.3) is 0 Å². The maximum absolute atomic E-state index is 13.1. The van der Waals surface area contributed by atoms with Crippen molar-refractivity contribution >= 4 is 11.7 Å². The molecule has 0 aliphatic carbocycles. The van der Waals surface area contributed by atoms with Crippen LogP contribution in [0.1, 0.15) is 29.0 Å². The van der Waals surface area contributed by atoms with E-state index in [0.29, 0.717) is 17.3 Å². The molecule has 27 heavy (non-hydrogen) atoms. The van der Waals surface area contributed by atoms with E-state index in [1.54, 1.807) is 25.4 Å². The Morgan fingerprint density at radius 2 is 2.00 bits per heavy atom. The molecule has 0 spiro atoms. The number of ether oxygens (including phenoxy) is 2. The fourth-order valence-electron chi connectivity index (χ4n) is 3.28. The number of nitrogens with one attached hydrogen (secondary N) is 2. The molecule has 0 saturated heterocycles. The summed E-state index contributed by atoms with van der Waals surface area (Å²) in [7, 11) is 1.57. The first-order valence-corrected chi connectivity index (χ1v) is 8.53. The summed E-state index contributed by atoms with van der Waals surface area (Å²) >= 11 is 0. The Kier molecular flexibility index (Phi) is 4.50. The van der Waals surface area contributed by atoms with Crippen LogP contribution in [0.3, 0.4) is 0 Å². The minimum absolute atomic E-state index is 0.0935. The first kappa shape index (κ1) is 17.1. The summed E-state index contributed by atoms with van der Waals surface area (Å²) in [6.07, 6.45) is 2.00. The molecule has 2 aromatic carbocycles. The van der Waals surface area contributed by atoms with E-state index < -0.39 is 0 Å². The minimum atomic E-state index is -0.294. The third kappa shape index (κ3) is 3.36. The van der Waals surface area contributed by atoms with E-state index >= 15 is 0 Å². The number of benzene rings is 2. The number of aromatic amines is 1. The molecule has 0 saturated carbocycles. The lowest BCUT2D eigenvalue weighted by atomic mass is 9.86. The van der Waals surface area contributed by atoms with E-state index in [1.165, 1.54) is 12.1 Å². The maximum atomic E-state index is 13.1. The van der Waals surface area contributed by atoms with Gasteiger partial charge in [-0.25, -0.2) is 4.39 Å². The Labute approximate surface area is 155 Å². The second kappa shape index (κ2) is 7.11. The summed E-state index contributed by atoms with van der Waals surface area (Å²) in [5.41, 5.74) is 2.57. The zero-order chi connectivity index (χ0) is 18.8. The lowest BCUT2D eigenvalue weighted by Crippen LogP contribution is -2.23. The average molecular weight is 367 g/mol. The van der Waals surface area contributed by atoms with Crippen molar-refractivity contribution in [3.63, 3.8) is 0 Å². The molecule has 138 valence electrons. The van der Waals surface area contributed by atoms with E-state index in [-0.39, 0.29) is 30.7 Å². The number of fused-ring (bicyclic) bond motifs is 1. The van der Waals surface area contributed by atoms with Crippen molar-refractivity contribution < 1.29 is 18.7 Å². The summed E-state index contributed by atoms with van der Waals surface area (Å²) in [4.78, 5) is 12.1. The quantitative estimate of drug-likeness (QED) is 0.722. The van der Waals surface area contributed by atoms with Crippen LogP contribution in [-0.4, -0.2) is 23.2 Å². The van der Waals surface area contributed by atoms with Gasteiger partial charge in [0.05, 0.1) is 13.3 Å². The zero-order valence-corrected chi connectivity index (χ0v) is 14.7. The third-order valence-electron chi connectivity index (χ3n) is 4.60. The molecule has 0 bridgehead atoms. The maximum Gasteiger partial charge on any atom is 0.226 e. The summed E-state index contributed by atoms with van der Waals surface area (Å²) in [6.45, 7) is 0.255. The molecule has 6 nitrogen and oxygen atoms in total. The van der Waals surface area contributed by atoms with Gasteiger partial charge in [-0.05, 0) is 23.8 Å². The number of anilines is 1. The number of amides is 1. The van der Waals surface area contributed by atoms with E-state index in [4.69, 9.17) is 9.47 Å². The SMILES string of the molecule is COc1cccc([C@H]2CC(=O)Nc3[nH]ncc32)c1OCc1ccc(F)cc1. The highest BCUT2D eigenvalue weighted by atomic mass is 19.1. The minimum Gasteiger partial charge on any atom is -0.493 e. The number of hydrogen-bond donors (Lipinski definition) is 2. The fourth-order valence-corrected chi connectivity index (χ4v) is 3.28. The number of halogens is 1. The fraction of sp³-hybridized carbons (Fsp3) is 0.200. The highest BCUT2D eigenvalue weighted by Gasteiger charge is 2.31.